The number of aryl methyl sites for hydroxylation is 1. The summed E-state index contributed by atoms with van der Waals surface area (Å²) in [6.45, 7) is 5.91. The SMILES string of the molecule is Cc1ccccc1COc1cc(N)ccc1N1CCOCC1. The molecule has 116 valence electrons. The van der Waals surface area contributed by atoms with Gasteiger partial charge < -0.3 is 20.1 Å². The molecule has 0 bridgehead atoms. The van der Waals surface area contributed by atoms with Crippen molar-refractivity contribution in [2.24, 2.45) is 0 Å². The Hall–Kier alpha value is -2.20. The monoisotopic (exact) mass is 298 g/mol. The summed E-state index contributed by atoms with van der Waals surface area (Å²) >= 11 is 0. The quantitative estimate of drug-likeness (QED) is 0.882. The van der Waals surface area contributed by atoms with E-state index in [0.29, 0.717) is 6.61 Å². The lowest BCUT2D eigenvalue weighted by Gasteiger charge is -2.30. The molecule has 2 aromatic rings. The minimum absolute atomic E-state index is 0.549. The molecule has 1 fully saturated rings. The lowest BCUT2D eigenvalue weighted by atomic mass is 10.1. The molecule has 1 aliphatic heterocycles. The van der Waals surface area contributed by atoms with E-state index in [1.165, 1.54) is 11.1 Å². The van der Waals surface area contributed by atoms with Crippen LogP contribution < -0.4 is 15.4 Å². The third-order valence-corrected chi connectivity index (χ3v) is 3.98. The summed E-state index contributed by atoms with van der Waals surface area (Å²) in [4.78, 5) is 2.29. The van der Waals surface area contributed by atoms with Crippen molar-refractivity contribution in [3.63, 3.8) is 0 Å². The topological polar surface area (TPSA) is 47.7 Å². The second-order valence-electron chi connectivity index (χ2n) is 5.54. The van der Waals surface area contributed by atoms with Crippen molar-refractivity contribution in [3.8, 4) is 5.75 Å². The van der Waals surface area contributed by atoms with Crippen molar-refractivity contribution in [2.45, 2.75) is 13.5 Å². The van der Waals surface area contributed by atoms with Crippen molar-refractivity contribution in [1.29, 1.82) is 0 Å². The molecule has 0 aromatic heterocycles. The van der Waals surface area contributed by atoms with Gasteiger partial charge in [-0.25, -0.2) is 0 Å². The third kappa shape index (κ3) is 3.34. The maximum atomic E-state index is 6.08. The summed E-state index contributed by atoms with van der Waals surface area (Å²) in [6, 6.07) is 14.1. The second kappa shape index (κ2) is 6.71. The number of nitrogens with two attached hydrogens (primary N) is 1. The molecule has 0 saturated carbocycles. The van der Waals surface area contributed by atoms with E-state index in [0.717, 1.165) is 43.4 Å². The van der Waals surface area contributed by atoms with Gasteiger partial charge in [0.2, 0.25) is 0 Å². The Morgan fingerprint density at radius 3 is 2.68 bits per heavy atom. The molecule has 4 nitrogen and oxygen atoms in total. The van der Waals surface area contributed by atoms with Crippen molar-refractivity contribution in [1.82, 2.24) is 0 Å². The summed E-state index contributed by atoms with van der Waals surface area (Å²) in [6.07, 6.45) is 0. The van der Waals surface area contributed by atoms with E-state index in [-0.39, 0.29) is 0 Å². The van der Waals surface area contributed by atoms with Gasteiger partial charge in [0.05, 0.1) is 18.9 Å². The smallest absolute Gasteiger partial charge is 0.145 e. The summed E-state index contributed by atoms with van der Waals surface area (Å²) < 4.78 is 11.5. The number of hydrogen-bond acceptors (Lipinski definition) is 4. The first kappa shape index (κ1) is 14.7. The van der Waals surface area contributed by atoms with Crippen molar-refractivity contribution in [3.05, 3.63) is 53.6 Å². The predicted molar refractivity (Wildman–Crippen MR) is 89.4 cm³/mol. The molecule has 3 rings (SSSR count). The highest BCUT2D eigenvalue weighted by Crippen LogP contribution is 2.32. The van der Waals surface area contributed by atoms with E-state index < -0.39 is 0 Å². The number of rotatable bonds is 4. The summed E-state index contributed by atoms with van der Waals surface area (Å²) in [5.41, 5.74) is 10.2. The summed E-state index contributed by atoms with van der Waals surface area (Å²) in [5, 5.41) is 0. The molecule has 0 spiro atoms. The van der Waals surface area contributed by atoms with E-state index in [4.69, 9.17) is 15.2 Å². The maximum Gasteiger partial charge on any atom is 0.145 e. The Bertz CT molecular complexity index is 637. The number of hydrogen-bond donors (Lipinski definition) is 1. The van der Waals surface area contributed by atoms with E-state index in [1.807, 2.05) is 30.3 Å². The van der Waals surface area contributed by atoms with Crippen LogP contribution in [0.15, 0.2) is 42.5 Å². The molecule has 0 atom stereocenters. The maximum absolute atomic E-state index is 6.08. The Kier molecular flexibility index (Phi) is 4.49. The van der Waals surface area contributed by atoms with Crippen LogP contribution in [-0.2, 0) is 11.3 Å². The molecule has 1 saturated heterocycles. The molecule has 1 aliphatic rings. The average Bonchev–Trinajstić information content (AvgIpc) is 2.55. The first-order valence-corrected chi connectivity index (χ1v) is 7.63. The first-order valence-electron chi connectivity index (χ1n) is 7.63. The molecular weight excluding hydrogens is 276 g/mol. The van der Waals surface area contributed by atoms with Crippen LogP contribution in [0.2, 0.25) is 0 Å². The van der Waals surface area contributed by atoms with Gasteiger partial charge in [0, 0.05) is 24.8 Å². The lowest BCUT2D eigenvalue weighted by Crippen LogP contribution is -2.36. The highest BCUT2D eigenvalue weighted by molar-refractivity contribution is 5.64. The summed E-state index contributed by atoms with van der Waals surface area (Å²) in [7, 11) is 0. The van der Waals surface area contributed by atoms with E-state index in [2.05, 4.69) is 24.0 Å². The first-order chi connectivity index (χ1) is 10.7. The van der Waals surface area contributed by atoms with Crippen LogP contribution in [0.25, 0.3) is 0 Å². The minimum Gasteiger partial charge on any atom is -0.487 e. The molecule has 0 amide bonds. The van der Waals surface area contributed by atoms with E-state index in [9.17, 15) is 0 Å². The van der Waals surface area contributed by atoms with Gasteiger partial charge in [-0.1, -0.05) is 24.3 Å². The zero-order valence-corrected chi connectivity index (χ0v) is 12.9. The third-order valence-electron chi connectivity index (χ3n) is 3.98. The van der Waals surface area contributed by atoms with Crippen LogP contribution in [0, 0.1) is 6.92 Å². The Morgan fingerprint density at radius 1 is 1.14 bits per heavy atom. The molecule has 0 radical (unpaired) electrons. The lowest BCUT2D eigenvalue weighted by molar-refractivity contribution is 0.122. The molecule has 2 N–H and O–H groups in total. The van der Waals surface area contributed by atoms with Crippen LogP contribution in [0.5, 0.6) is 5.75 Å². The molecular formula is C18H22N2O2. The molecule has 0 aliphatic carbocycles. The minimum atomic E-state index is 0.549. The normalized spacial score (nSPS) is 14.9. The zero-order valence-electron chi connectivity index (χ0n) is 12.9. The Balaban J connectivity index is 1.79. The highest BCUT2D eigenvalue weighted by atomic mass is 16.5. The van der Waals surface area contributed by atoms with Crippen LogP contribution in [0.1, 0.15) is 11.1 Å². The van der Waals surface area contributed by atoms with E-state index >= 15 is 0 Å². The predicted octanol–water partition coefficient (Wildman–Crippen LogP) is 2.99. The van der Waals surface area contributed by atoms with Gasteiger partial charge in [0.25, 0.3) is 0 Å². The number of morpholine rings is 1. The molecule has 22 heavy (non-hydrogen) atoms. The van der Waals surface area contributed by atoms with Gasteiger partial charge in [-0.3, -0.25) is 0 Å². The van der Waals surface area contributed by atoms with Crippen LogP contribution >= 0.6 is 0 Å². The van der Waals surface area contributed by atoms with E-state index in [1.54, 1.807) is 0 Å². The fourth-order valence-corrected chi connectivity index (χ4v) is 2.64. The largest absolute Gasteiger partial charge is 0.487 e. The van der Waals surface area contributed by atoms with Crippen molar-refractivity contribution >= 4 is 11.4 Å². The van der Waals surface area contributed by atoms with Gasteiger partial charge >= 0.3 is 0 Å². The van der Waals surface area contributed by atoms with Gasteiger partial charge in [-0.05, 0) is 30.2 Å². The van der Waals surface area contributed by atoms with Gasteiger partial charge in [0.1, 0.15) is 12.4 Å². The fourth-order valence-electron chi connectivity index (χ4n) is 2.64. The molecule has 2 aromatic carbocycles. The number of anilines is 2. The highest BCUT2D eigenvalue weighted by Gasteiger charge is 2.16. The zero-order chi connectivity index (χ0) is 15.4. The Labute approximate surface area is 131 Å². The summed E-state index contributed by atoms with van der Waals surface area (Å²) in [5.74, 6) is 0.838. The van der Waals surface area contributed by atoms with Crippen molar-refractivity contribution < 1.29 is 9.47 Å². The fraction of sp³-hybridized carbons (Fsp3) is 0.333. The number of nitrogens with zero attached hydrogens (tertiary/aromatic N) is 1. The average molecular weight is 298 g/mol. The number of nitrogen functional groups attached to an aromatic ring is 1. The van der Waals surface area contributed by atoms with Crippen molar-refractivity contribution in [2.75, 3.05) is 36.9 Å². The standard InChI is InChI=1S/C18H22N2O2/c1-14-4-2-3-5-15(14)13-22-18-12-16(19)6-7-17(18)20-8-10-21-11-9-20/h2-7,12H,8-11,13,19H2,1H3. The van der Waals surface area contributed by atoms with Gasteiger partial charge in [-0.15, -0.1) is 0 Å². The molecule has 1 heterocycles. The number of ether oxygens (including phenoxy) is 2. The number of benzene rings is 2. The van der Waals surface area contributed by atoms with Gasteiger partial charge in [0.15, 0.2) is 0 Å². The molecule has 4 heteroatoms. The second-order valence-corrected chi connectivity index (χ2v) is 5.54. The Morgan fingerprint density at radius 2 is 1.91 bits per heavy atom. The van der Waals surface area contributed by atoms with Gasteiger partial charge in [-0.2, -0.15) is 0 Å². The van der Waals surface area contributed by atoms with Crippen LogP contribution in [0.4, 0.5) is 11.4 Å². The van der Waals surface area contributed by atoms with Crippen LogP contribution in [-0.4, -0.2) is 26.3 Å². The molecule has 0 unspecified atom stereocenters. The van der Waals surface area contributed by atoms with Crippen LogP contribution in [0.3, 0.4) is 0 Å².